The van der Waals surface area contributed by atoms with E-state index in [1.165, 1.54) is 11.1 Å². The van der Waals surface area contributed by atoms with Gasteiger partial charge >= 0.3 is 0 Å². The molecule has 1 atom stereocenters. The predicted octanol–water partition coefficient (Wildman–Crippen LogP) is 0.689. The Morgan fingerprint density at radius 2 is 2.06 bits per heavy atom. The van der Waals surface area contributed by atoms with Crippen LogP contribution in [0.15, 0.2) is 24.3 Å². The van der Waals surface area contributed by atoms with Gasteiger partial charge < -0.3 is 5.73 Å². The van der Waals surface area contributed by atoms with E-state index in [4.69, 9.17) is 5.73 Å². The lowest BCUT2D eigenvalue weighted by molar-refractivity contribution is -0.483. The van der Waals surface area contributed by atoms with Crippen molar-refractivity contribution in [3.63, 3.8) is 0 Å². The molecule has 0 aliphatic carbocycles. The highest BCUT2D eigenvalue weighted by Crippen LogP contribution is 2.02. The number of nitrogens with two attached hydrogens (primary N) is 1. The predicted molar refractivity (Wildman–Crippen MR) is 62.7 cm³/mol. The largest absolute Gasteiger partial charge is 0.310 e. The number of aryl methyl sites for hydroxylation is 1. The number of benzene rings is 1. The standard InChI is InChI=1S/C11H17N3O2/c1-9-2-4-10(5-3-9)6-7-13-11(12)8-14(15)16/h2-5,11,13H,6-8,12H2,1H3. The van der Waals surface area contributed by atoms with Crippen LogP contribution < -0.4 is 11.1 Å². The van der Waals surface area contributed by atoms with Gasteiger partial charge in [0.1, 0.15) is 6.17 Å². The van der Waals surface area contributed by atoms with E-state index in [0.29, 0.717) is 6.54 Å². The zero-order valence-corrected chi connectivity index (χ0v) is 9.35. The van der Waals surface area contributed by atoms with Crippen molar-refractivity contribution in [2.45, 2.75) is 19.5 Å². The van der Waals surface area contributed by atoms with Gasteiger partial charge in [-0.1, -0.05) is 29.8 Å². The lowest BCUT2D eigenvalue weighted by Gasteiger charge is -2.09. The van der Waals surface area contributed by atoms with Crippen molar-refractivity contribution in [3.05, 3.63) is 45.5 Å². The van der Waals surface area contributed by atoms with E-state index in [1.807, 2.05) is 19.1 Å². The van der Waals surface area contributed by atoms with Crippen molar-refractivity contribution >= 4 is 0 Å². The molecule has 5 heteroatoms. The van der Waals surface area contributed by atoms with E-state index in [1.54, 1.807) is 0 Å². The lowest BCUT2D eigenvalue weighted by Crippen LogP contribution is -2.43. The maximum Gasteiger partial charge on any atom is 0.231 e. The zero-order valence-electron chi connectivity index (χ0n) is 9.35. The van der Waals surface area contributed by atoms with E-state index in [-0.39, 0.29) is 6.54 Å². The Hall–Kier alpha value is -1.46. The molecule has 0 radical (unpaired) electrons. The molecule has 0 aliphatic rings. The van der Waals surface area contributed by atoms with Gasteiger partial charge in [-0.15, -0.1) is 0 Å². The van der Waals surface area contributed by atoms with Crippen molar-refractivity contribution in [1.29, 1.82) is 0 Å². The molecule has 0 spiro atoms. The van der Waals surface area contributed by atoms with Crippen LogP contribution in [-0.2, 0) is 6.42 Å². The summed E-state index contributed by atoms with van der Waals surface area (Å²) in [5, 5.41) is 13.1. The maximum absolute atomic E-state index is 10.2. The fourth-order valence-corrected chi connectivity index (χ4v) is 1.38. The molecule has 1 rings (SSSR count). The van der Waals surface area contributed by atoms with Crippen molar-refractivity contribution in [2.24, 2.45) is 5.73 Å². The summed E-state index contributed by atoms with van der Waals surface area (Å²) in [6, 6.07) is 8.20. The van der Waals surface area contributed by atoms with Crippen molar-refractivity contribution in [2.75, 3.05) is 13.1 Å². The van der Waals surface area contributed by atoms with Crippen LogP contribution in [0.3, 0.4) is 0 Å². The molecule has 16 heavy (non-hydrogen) atoms. The van der Waals surface area contributed by atoms with Crippen LogP contribution >= 0.6 is 0 Å². The summed E-state index contributed by atoms with van der Waals surface area (Å²) in [7, 11) is 0. The third-order valence-electron chi connectivity index (χ3n) is 2.29. The molecule has 0 fully saturated rings. The number of nitrogens with one attached hydrogen (secondary N) is 1. The highest BCUT2D eigenvalue weighted by atomic mass is 16.6. The molecule has 0 bridgehead atoms. The summed E-state index contributed by atoms with van der Waals surface area (Å²) in [4.78, 5) is 9.75. The summed E-state index contributed by atoms with van der Waals surface area (Å²) in [5.41, 5.74) is 7.93. The number of rotatable bonds is 6. The van der Waals surface area contributed by atoms with Crippen LogP contribution in [0.4, 0.5) is 0 Å². The quantitative estimate of drug-likeness (QED) is 0.422. The molecule has 1 aromatic rings. The fraction of sp³-hybridized carbons (Fsp3) is 0.455. The number of nitro groups is 1. The minimum absolute atomic E-state index is 0.242. The van der Waals surface area contributed by atoms with Gasteiger partial charge in [0.05, 0.1) is 0 Å². The zero-order chi connectivity index (χ0) is 12.0. The Bertz CT molecular complexity index is 338. The van der Waals surface area contributed by atoms with E-state index in [2.05, 4.69) is 17.4 Å². The Kier molecular flexibility index (Phi) is 4.88. The summed E-state index contributed by atoms with van der Waals surface area (Å²) >= 11 is 0. The highest BCUT2D eigenvalue weighted by Gasteiger charge is 2.07. The van der Waals surface area contributed by atoms with Gasteiger partial charge in [0.25, 0.3) is 0 Å². The Balaban J connectivity index is 2.25. The molecule has 88 valence electrons. The molecule has 0 aliphatic heterocycles. The van der Waals surface area contributed by atoms with Gasteiger partial charge in [0, 0.05) is 11.5 Å². The first-order chi connectivity index (χ1) is 7.58. The van der Waals surface area contributed by atoms with Crippen molar-refractivity contribution < 1.29 is 4.92 Å². The molecule has 0 saturated carbocycles. The maximum atomic E-state index is 10.2. The third kappa shape index (κ3) is 4.86. The van der Waals surface area contributed by atoms with E-state index in [0.717, 1.165) is 6.42 Å². The molecule has 3 N–H and O–H groups in total. The van der Waals surface area contributed by atoms with Crippen molar-refractivity contribution in [1.82, 2.24) is 5.32 Å². The van der Waals surface area contributed by atoms with Gasteiger partial charge in [-0.05, 0) is 18.9 Å². The molecule has 0 aromatic heterocycles. The van der Waals surface area contributed by atoms with Gasteiger partial charge in [0.15, 0.2) is 0 Å². The summed E-state index contributed by atoms with van der Waals surface area (Å²) in [5.74, 6) is 0. The highest BCUT2D eigenvalue weighted by molar-refractivity contribution is 5.21. The summed E-state index contributed by atoms with van der Waals surface area (Å²) in [6.07, 6.45) is 0.256. The molecular weight excluding hydrogens is 206 g/mol. The van der Waals surface area contributed by atoms with Gasteiger partial charge in [-0.2, -0.15) is 0 Å². The molecule has 0 heterocycles. The summed E-state index contributed by atoms with van der Waals surface area (Å²) < 4.78 is 0. The molecular formula is C11H17N3O2. The second-order valence-electron chi connectivity index (χ2n) is 3.81. The fourth-order valence-electron chi connectivity index (χ4n) is 1.38. The van der Waals surface area contributed by atoms with Crippen LogP contribution in [0.1, 0.15) is 11.1 Å². The molecule has 0 amide bonds. The normalized spacial score (nSPS) is 12.4. The second kappa shape index (κ2) is 6.19. The molecule has 1 unspecified atom stereocenters. The number of hydrogen-bond acceptors (Lipinski definition) is 4. The molecule has 5 nitrogen and oxygen atoms in total. The first-order valence-electron chi connectivity index (χ1n) is 5.24. The number of hydrogen-bond donors (Lipinski definition) is 2. The third-order valence-corrected chi connectivity index (χ3v) is 2.29. The Morgan fingerprint density at radius 3 is 2.62 bits per heavy atom. The summed E-state index contributed by atoms with van der Waals surface area (Å²) in [6.45, 7) is 2.45. The van der Waals surface area contributed by atoms with E-state index < -0.39 is 11.1 Å². The smallest absolute Gasteiger partial charge is 0.231 e. The first-order valence-corrected chi connectivity index (χ1v) is 5.24. The van der Waals surface area contributed by atoms with Crippen molar-refractivity contribution in [3.8, 4) is 0 Å². The number of nitrogens with zero attached hydrogens (tertiary/aromatic N) is 1. The Morgan fingerprint density at radius 1 is 1.44 bits per heavy atom. The average Bonchev–Trinajstić information content (AvgIpc) is 2.20. The molecule has 0 saturated heterocycles. The van der Waals surface area contributed by atoms with Crippen LogP contribution in [0.5, 0.6) is 0 Å². The average molecular weight is 223 g/mol. The monoisotopic (exact) mass is 223 g/mol. The minimum atomic E-state index is -0.569. The van der Waals surface area contributed by atoms with E-state index in [9.17, 15) is 10.1 Å². The van der Waals surface area contributed by atoms with Crippen LogP contribution in [0, 0.1) is 17.0 Å². The second-order valence-corrected chi connectivity index (χ2v) is 3.81. The Labute approximate surface area is 94.8 Å². The minimum Gasteiger partial charge on any atom is -0.310 e. The van der Waals surface area contributed by atoms with Crippen LogP contribution in [0.2, 0.25) is 0 Å². The SMILES string of the molecule is Cc1ccc(CCNC(N)C[N+](=O)[O-])cc1. The van der Waals surface area contributed by atoms with Gasteiger partial charge in [0.2, 0.25) is 6.54 Å². The van der Waals surface area contributed by atoms with E-state index >= 15 is 0 Å². The van der Waals surface area contributed by atoms with Crippen LogP contribution in [0.25, 0.3) is 0 Å². The first kappa shape index (κ1) is 12.6. The topological polar surface area (TPSA) is 81.2 Å². The lowest BCUT2D eigenvalue weighted by atomic mass is 10.1. The van der Waals surface area contributed by atoms with Crippen LogP contribution in [-0.4, -0.2) is 24.2 Å². The van der Waals surface area contributed by atoms with Gasteiger partial charge in [-0.25, -0.2) is 0 Å². The molecule has 1 aromatic carbocycles. The van der Waals surface area contributed by atoms with Gasteiger partial charge in [-0.3, -0.25) is 15.4 Å².